The molecule has 0 amide bonds. The van der Waals surface area contributed by atoms with Crippen molar-refractivity contribution in [1.82, 2.24) is 0 Å². The number of allylic oxidation sites excluding steroid dienone is 1. The van der Waals surface area contributed by atoms with Gasteiger partial charge in [-0.2, -0.15) is 0 Å². The van der Waals surface area contributed by atoms with Crippen molar-refractivity contribution in [2.45, 2.75) is 25.7 Å². The van der Waals surface area contributed by atoms with Gasteiger partial charge in [0.25, 0.3) is 0 Å². The predicted octanol–water partition coefficient (Wildman–Crippen LogP) is 8.01. The van der Waals surface area contributed by atoms with E-state index in [0.29, 0.717) is 12.4 Å². The molecule has 0 spiro atoms. The summed E-state index contributed by atoms with van der Waals surface area (Å²) in [7, 11) is 1.73. The summed E-state index contributed by atoms with van der Waals surface area (Å²) in [5, 5.41) is 10.1. The van der Waals surface area contributed by atoms with Crippen LogP contribution in [0.5, 0.6) is 5.75 Å². The van der Waals surface area contributed by atoms with Crippen LogP contribution < -0.4 is 9.64 Å². The third-order valence-electron chi connectivity index (χ3n) is 7.07. The molecule has 4 aromatic rings. The Morgan fingerprint density at radius 1 is 0.857 bits per heavy atom. The highest BCUT2D eigenvalue weighted by atomic mass is 16.6. The van der Waals surface area contributed by atoms with Crippen molar-refractivity contribution < 1.29 is 19.3 Å². The highest BCUT2D eigenvalue weighted by molar-refractivity contribution is 5.91. The summed E-state index contributed by atoms with van der Waals surface area (Å²) in [4.78, 5) is 2.21. The third-order valence-corrected chi connectivity index (χ3v) is 7.07. The van der Waals surface area contributed by atoms with E-state index in [4.69, 9.17) is 14.2 Å². The van der Waals surface area contributed by atoms with Gasteiger partial charge in [0.05, 0.1) is 6.10 Å². The van der Waals surface area contributed by atoms with Gasteiger partial charge >= 0.3 is 0 Å². The van der Waals surface area contributed by atoms with E-state index in [1.807, 2.05) is 43.3 Å². The first-order chi connectivity index (χ1) is 20.6. The number of hydrogen-bond acceptors (Lipinski definition) is 5. The van der Waals surface area contributed by atoms with Crippen LogP contribution >= 0.6 is 0 Å². The second-order valence-corrected chi connectivity index (χ2v) is 9.94. The van der Waals surface area contributed by atoms with E-state index in [0.717, 1.165) is 29.1 Å². The number of nitrogens with zero attached hydrogens (tertiary/aromatic N) is 1. The van der Waals surface area contributed by atoms with Crippen molar-refractivity contribution in [1.29, 1.82) is 0 Å². The Morgan fingerprint density at radius 2 is 1.45 bits per heavy atom. The normalized spacial score (nSPS) is 15.0. The van der Waals surface area contributed by atoms with Crippen LogP contribution in [0, 0.1) is 0 Å². The second kappa shape index (κ2) is 14.5. The Bertz CT molecular complexity index is 1450. The summed E-state index contributed by atoms with van der Waals surface area (Å²) in [6, 6.07) is 37.3. The van der Waals surface area contributed by atoms with Crippen molar-refractivity contribution in [2.75, 3.05) is 25.2 Å². The third kappa shape index (κ3) is 7.45. The van der Waals surface area contributed by atoms with Crippen LogP contribution in [0.4, 0.5) is 11.4 Å². The zero-order valence-corrected chi connectivity index (χ0v) is 24.1. The van der Waals surface area contributed by atoms with Crippen LogP contribution in [-0.4, -0.2) is 37.8 Å². The van der Waals surface area contributed by atoms with E-state index >= 15 is 0 Å². The van der Waals surface area contributed by atoms with Gasteiger partial charge in [-0.25, -0.2) is 0 Å². The van der Waals surface area contributed by atoms with E-state index < -0.39 is 6.29 Å². The Kier molecular flexibility index (Phi) is 10.0. The highest BCUT2D eigenvalue weighted by Gasteiger charge is 2.18. The molecule has 4 aromatic carbocycles. The topological polar surface area (TPSA) is 51.2 Å². The largest absolute Gasteiger partial charge is 0.463 e. The van der Waals surface area contributed by atoms with Crippen molar-refractivity contribution in [3.63, 3.8) is 0 Å². The number of anilines is 2. The Balaban J connectivity index is 1.45. The quantitative estimate of drug-likeness (QED) is 0.141. The molecular weight excluding hydrogens is 522 g/mol. The average Bonchev–Trinajstić information content (AvgIpc) is 3.05. The van der Waals surface area contributed by atoms with Crippen molar-refractivity contribution in [3.05, 3.63) is 150 Å². The van der Waals surface area contributed by atoms with E-state index in [1.54, 1.807) is 7.11 Å². The van der Waals surface area contributed by atoms with E-state index in [-0.39, 0.29) is 12.7 Å². The first-order valence-corrected chi connectivity index (χ1v) is 14.3. The van der Waals surface area contributed by atoms with Gasteiger partial charge in [-0.3, -0.25) is 0 Å². The molecule has 5 nitrogen and oxygen atoms in total. The number of hydrogen-bond donors (Lipinski definition) is 1. The Labute approximate surface area is 248 Å². The summed E-state index contributed by atoms with van der Waals surface area (Å²) >= 11 is 0. The van der Waals surface area contributed by atoms with Crippen LogP contribution in [0.15, 0.2) is 133 Å². The first-order valence-electron chi connectivity index (χ1n) is 14.3. The van der Waals surface area contributed by atoms with Crippen molar-refractivity contribution >= 4 is 23.0 Å². The summed E-state index contributed by atoms with van der Waals surface area (Å²) in [6.07, 6.45) is 8.47. The molecule has 2 atom stereocenters. The van der Waals surface area contributed by atoms with Gasteiger partial charge in [-0.15, -0.1) is 0 Å². The minimum atomic E-state index is -1.01. The van der Waals surface area contributed by atoms with E-state index in [9.17, 15) is 5.11 Å². The lowest BCUT2D eigenvalue weighted by Crippen LogP contribution is -2.22. The molecule has 0 saturated heterocycles. The lowest BCUT2D eigenvalue weighted by Gasteiger charge is -2.29. The molecule has 42 heavy (non-hydrogen) atoms. The molecule has 214 valence electrons. The zero-order valence-electron chi connectivity index (χ0n) is 24.1. The molecule has 0 aromatic heterocycles. The van der Waals surface area contributed by atoms with Gasteiger partial charge < -0.3 is 24.2 Å². The number of rotatable bonds is 12. The molecule has 2 unspecified atom stereocenters. The summed E-state index contributed by atoms with van der Waals surface area (Å²) in [6.45, 7) is 2.53. The van der Waals surface area contributed by atoms with Gasteiger partial charge in [-0.05, 0) is 84.2 Å². The van der Waals surface area contributed by atoms with Crippen molar-refractivity contribution in [2.24, 2.45) is 0 Å². The Hall–Kier alpha value is -4.42. The molecule has 1 aliphatic rings. The highest BCUT2D eigenvalue weighted by Crippen LogP contribution is 2.34. The summed E-state index contributed by atoms with van der Waals surface area (Å²) in [5.41, 5.74) is 7.70. The minimum Gasteiger partial charge on any atom is -0.463 e. The number of methoxy groups -OCH3 is 1. The average molecular weight is 560 g/mol. The fourth-order valence-electron chi connectivity index (χ4n) is 4.92. The van der Waals surface area contributed by atoms with E-state index in [2.05, 4.69) is 102 Å². The zero-order chi connectivity index (χ0) is 29.1. The van der Waals surface area contributed by atoms with Gasteiger partial charge in [-0.1, -0.05) is 84.9 Å². The predicted molar refractivity (Wildman–Crippen MR) is 171 cm³/mol. The lowest BCUT2D eigenvalue weighted by molar-refractivity contribution is -0.0749. The first kappa shape index (κ1) is 29.1. The van der Waals surface area contributed by atoms with Gasteiger partial charge in [0.15, 0.2) is 0 Å². The molecule has 5 heteroatoms. The summed E-state index contributed by atoms with van der Waals surface area (Å²) < 4.78 is 16.4. The molecular formula is C37H37NO4. The van der Waals surface area contributed by atoms with E-state index in [1.165, 1.54) is 16.7 Å². The van der Waals surface area contributed by atoms with Crippen LogP contribution in [0.1, 0.15) is 30.0 Å². The maximum atomic E-state index is 10.1. The molecule has 5 rings (SSSR count). The second-order valence-electron chi connectivity index (χ2n) is 9.94. The Morgan fingerprint density at radius 3 is 1.98 bits per heavy atom. The number of ether oxygens (including phenoxy) is 3. The summed E-state index contributed by atoms with van der Waals surface area (Å²) in [5.74, 6) is 0.577. The SMILES string of the molecule is CCOCC(O)Oc1ccc(N(C2=CCC(OC)C=C2)c2ccc(C=C(c3ccccc3)c3ccccc3)cc2)cc1. The van der Waals surface area contributed by atoms with Gasteiger partial charge in [0.1, 0.15) is 12.4 Å². The monoisotopic (exact) mass is 559 g/mol. The number of benzene rings is 4. The fraction of sp³-hybridized carbons (Fsp3) is 0.189. The molecule has 1 N–H and O–H groups in total. The molecule has 0 aliphatic heterocycles. The van der Waals surface area contributed by atoms with Gasteiger partial charge in [0.2, 0.25) is 6.29 Å². The van der Waals surface area contributed by atoms with Crippen LogP contribution in [0.3, 0.4) is 0 Å². The van der Waals surface area contributed by atoms with Crippen molar-refractivity contribution in [3.8, 4) is 5.75 Å². The fourth-order valence-corrected chi connectivity index (χ4v) is 4.92. The van der Waals surface area contributed by atoms with Crippen LogP contribution in [0.2, 0.25) is 0 Å². The van der Waals surface area contributed by atoms with Gasteiger partial charge in [0, 0.05) is 30.8 Å². The maximum Gasteiger partial charge on any atom is 0.221 e. The molecule has 0 radical (unpaired) electrons. The molecule has 0 fully saturated rings. The molecule has 0 saturated carbocycles. The molecule has 0 heterocycles. The maximum absolute atomic E-state index is 10.1. The lowest BCUT2D eigenvalue weighted by atomic mass is 9.95. The molecule has 1 aliphatic carbocycles. The molecule has 0 bridgehead atoms. The number of aliphatic hydroxyl groups is 1. The van der Waals surface area contributed by atoms with Crippen LogP contribution in [0.25, 0.3) is 11.6 Å². The smallest absolute Gasteiger partial charge is 0.221 e. The van der Waals surface area contributed by atoms with Crippen LogP contribution in [-0.2, 0) is 9.47 Å². The standard InChI is InChI=1S/C37H37NO4/c1-3-41-27-37(39)42-35-24-20-33(21-25-35)38(32-18-22-34(40-2)23-19-32)31-16-14-28(15-17-31)26-36(29-10-6-4-7-11-29)30-12-8-5-9-13-30/h4-22,24-26,34,37,39H,3,23,27H2,1-2H3. The minimum absolute atomic E-state index is 0.0695. The number of aliphatic hydroxyl groups excluding tert-OH is 1.